The number of carbonyl (C=O) groups is 1. The van der Waals surface area contributed by atoms with Crippen LogP contribution in [0.15, 0.2) is 24.3 Å². The van der Waals surface area contributed by atoms with Crippen LogP contribution in [0.4, 0.5) is 10.1 Å². The highest BCUT2D eigenvalue weighted by Crippen LogP contribution is 2.22. The number of benzene rings is 1. The molecular formula is C19H24FN5O. The second kappa shape index (κ2) is 7.07. The van der Waals surface area contributed by atoms with Gasteiger partial charge in [0.25, 0.3) is 5.91 Å². The summed E-state index contributed by atoms with van der Waals surface area (Å²) in [6.07, 6.45) is 1.79. The van der Waals surface area contributed by atoms with Crippen LogP contribution in [-0.4, -0.2) is 65.7 Å². The molecule has 4 rings (SSSR count). The summed E-state index contributed by atoms with van der Waals surface area (Å²) in [5.74, 6) is -0.215. The second-order valence-corrected chi connectivity index (χ2v) is 7.13. The molecule has 0 radical (unpaired) electrons. The quantitative estimate of drug-likeness (QED) is 0.892. The van der Waals surface area contributed by atoms with Gasteiger partial charge in [0.2, 0.25) is 0 Å². The van der Waals surface area contributed by atoms with E-state index in [0.29, 0.717) is 18.8 Å². The van der Waals surface area contributed by atoms with Crippen molar-refractivity contribution in [2.45, 2.75) is 19.4 Å². The number of nitrogens with zero attached hydrogens (tertiary/aromatic N) is 4. The fourth-order valence-electron chi connectivity index (χ4n) is 3.79. The molecule has 0 spiro atoms. The molecule has 3 heterocycles. The first-order chi connectivity index (χ1) is 12.6. The number of carbonyl (C=O) groups excluding carboxylic acids is 1. The number of fused-ring (bicyclic) bond motifs is 1. The lowest BCUT2D eigenvalue weighted by Crippen LogP contribution is -2.36. The third-order valence-corrected chi connectivity index (χ3v) is 5.30. The normalized spacial score (nSPS) is 18.5. The summed E-state index contributed by atoms with van der Waals surface area (Å²) in [4.78, 5) is 19.4. The lowest BCUT2D eigenvalue weighted by molar-refractivity contribution is 0.0759. The van der Waals surface area contributed by atoms with E-state index in [2.05, 4.69) is 27.0 Å². The van der Waals surface area contributed by atoms with E-state index in [1.165, 1.54) is 12.1 Å². The van der Waals surface area contributed by atoms with Gasteiger partial charge in [-0.05, 0) is 37.7 Å². The maximum atomic E-state index is 13.1. The van der Waals surface area contributed by atoms with Crippen molar-refractivity contribution in [3.05, 3.63) is 47.0 Å². The molecular weight excluding hydrogens is 333 g/mol. The summed E-state index contributed by atoms with van der Waals surface area (Å²) in [6, 6.07) is 6.56. The molecule has 1 N–H and O–H groups in total. The van der Waals surface area contributed by atoms with Crippen molar-refractivity contribution in [3.63, 3.8) is 0 Å². The molecule has 138 valence electrons. The van der Waals surface area contributed by atoms with Gasteiger partial charge in [0.1, 0.15) is 5.82 Å². The molecule has 2 aliphatic heterocycles. The smallest absolute Gasteiger partial charge is 0.274 e. The lowest BCUT2D eigenvalue weighted by Gasteiger charge is -2.25. The molecule has 2 aromatic rings. The maximum absolute atomic E-state index is 13.1. The van der Waals surface area contributed by atoms with Gasteiger partial charge in [0.15, 0.2) is 5.69 Å². The number of anilines is 1. The predicted molar refractivity (Wildman–Crippen MR) is 97.8 cm³/mol. The van der Waals surface area contributed by atoms with E-state index in [9.17, 15) is 9.18 Å². The van der Waals surface area contributed by atoms with Gasteiger partial charge in [-0.15, -0.1) is 0 Å². The van der Waals surface area contributed by atoms with Crippen LogP contribution in [0.3, 0.4) is 0 Å². The van der Waals surface area contributed by atoms with E-state index in [1.54, 1.807) is 12.1 Å². The van der Waals surface area contributed by atoms with Crippen molar-refractivity contribution in [2.75, 3.05) is 44.7 Å². The minimum absolute atomic E-state index is 0.0127. The summed E-state index contributed by atoms with van der Waals surface area (Å²) in [5, 5.41) is 7.38. The number of hydrogen-bond acceptors (Lipinski definition) is 4. The monoisotopic (exact) mass is 357 g/mol. The number of H-pyrrole nitrogens is 1. The van der Waals surface area contributed by atoms with Crippen molar-refractivity contribution < 1.29 is 9.18 Å². The minimum Gasteiger partial charge on any atom is -0.370 e. The number of hydrogen-bond donors (Lipinski definition) is 1. The third kappa shape index (κ3) is 3.31. The standard InChI is InChI=1S/C19H24FN5O/c1-23-10-7-17-16(13-23)18(22-21-17)19(26)25-9-2-8-24(11-12-25)15-5-3-14(20)4-6-15/h3-6H,2,7-13H2,1H3,(H,21,22). The minimum atomic E-state index is -0.228. The molecule has 1 fully saturated rings. The number of halogens is 1. The Balaban J connectivity index is 1.47. The number of likely N-dealkylation sites (N-methyl/N-ethyl adjacent to an activating group) is 1. The Bertz CT molecular complexity index is 788. The number of aromatic amines is 1. The molecule has 2 aliphatic rings. The Morgan fingerprint density at radius 2 is 1.92 bits per heavy atom. The predicted octanol–water partition coefficient (Wildman–Crippen LogP) is 1.89. The van der Waals surface area contributed by atoms with E-state index in [-0.39, 0.29) is 11.7 Å². The van der Waals surface area contributed by atoms with Gasteiger partial charge < -0.3 is 14.7 Å². The van der Waals surface area contributed by atoms with Gasteiger partial charge >= 0.3 is 0 Å². The first-order valence-corrected chi connectivity index (χ1v) is 9.16. The zero-order valence-corrected chi connectivity index (χ0v) is 15.0. The fraction of sp³-hybridized carbons (Fsp3) is 0.474. The zero-order chi connectivity index (χ0) is 18.1. The van der Waals surface area contributed by atoms with Crippen LogP contribution in [-0.2, 0) is 13.0 Å². The van der Waals surface area contributed by atoms with Crippen molar-refractivity contribution in [3.8, 4) is 0 Å². The van der Waals surface area contributed by atoms with E-state index in [1.807, 2.05) is 4.90 Å². The molecule has 26 heavy (non-hydrogen) atoms. The van der Waals surface area contributed by atoms with Gasteiger partial charge in [-0.1, -0.05) is 0 Å². The average Bonchev–Trinajstić information content (AvgIpc) is 2.89. The first-order valence-electron chi connectivity index (χ1n) is 9.16. The molecule has 1 saturated heterocycles. The lowest BCUT2D eigenvalue weighted by atomic mass is 10.1. The Kier molecular flexibility index (Phi) is 4.63. The number of rotatable bonds is 2. The van der Waals surface area contributed by atoms with Crippen LogP contribution in [0, 0.1) is 5.82 Å². The van der Waals surface area contributed by atoms with Gasteiger partial charge in [0.05, 0.1) is 0 Å². The van der Waals surface area contributed by atoms with Crippen LogP contribution in [0.1, 0.15) is 28.2 Å². The molecule has 0 bridgehead atoms. The summed E-state index contributed by atoms with van der Waals surface area (Å²) >= 11 is 0. The fourth-order valence-corrected chi connectivity index (χ4v) is 3.79. The molecule has 0 unspecified atom stereocenters. The van der Waals surface area contributed by atoms with E-state index in [4.69, 9.17) is 0 Å². The van der Waals surface area contributed by atoms with E-state index >= 15 is 0 Å². The summed E-state index contributed by atoms with van der Waals surface area (Å²) in [6.45, 7) is 4.71. The van der Waals surface area contributed by atoms with Gasteiger partial charge in [-0.3, -0.25) is 9.89 Å². The molecule has 1 amide bonds. The molecule has 0 aliphatic carbocycles. The maximum Gasteiger partial charge on any atom is 0.274 e. The average molecular weight is 357 g/mol. The Hall–Kier alpha value is -2.41. The van der Waals surface area contributed by atoms with Crippen molar-refractivity contribution >= 4 is 11.6 Å². The molecule has 7 heteroatoms. The van der Waals surface area contributed by atoms with Gasteiger partial charge in [-0.25, -0.2) is 4.39 Å². The summed E-state index contributed by atoms with van der Waals surface area (Å²) < 4.78 is 13.1. The molecule has 6 nitrogen and oxygen atoms in total. The highest BCUT2D eigenvalue weighted by molar-refractivity contribution is 5.94. The van der Waals surface area contributed by atoms with Crippen molar-refractivity contribution in [2.24, 2.45) is 0 Å². The highest BCUT2D eigenvalue weighted by atomic mass is 19.1. The summed E-state index contributed by atoms with van der Waals surface area (Å²) in [7, 11) is 2.07. The van der Waals surface area contributed by atoms with Gasteiger partial charge in [-0.2, -0.15) is 5.10 Å². The molecule has 1 aromatic carbocycles. The van der Waals surface area contributed by atoms with E-state index < -0.39 is 0 Å². The Morgan fingerprint density at radius 1 is 1.12 bits per heavy atom. The van der Waals surface area contributed by atoms with Crippen LogP contribution in [0.5, 0.6) is 0 Å². The second-order valence-electron chi connectivity index (χ2n) is 7.13. The van der Waals surface area contributed by atoms with Crippen LogP contribution in [0.2, 0.25) is 0 Å². The first kappa shape index (κ1) is 17.0. The number of nitrogens with one attached hydrogen (secondary N) is 1. The van der Waals surface area contributed by atoms with Gasteiger partial charge in [0, 0.05) is 62.6 Å². The highest BCUT2D eigenvalue weighted by Gasteiger charge is 2.28. The number of amides is 1. The van der Waals surface area contributed by atoms with Crippen LogP contribution in [0.25, 0.3) is 0 Å². The Labute approximate surface area is 152 Å². The molecule has 1 aromatic heterocycles. The Morgan fingerprint density at radius 3 is 2.73 bits per heavy atom. The van der Waals surface area contributed by atoms with E-state index in [0.717, 1.165) is 56.0 Å². The largest absolute Gasteiger partial charge is 0.370 e. The summed E-state index contributed by atoms with van der Waals surface area (Å²) in [5.41, 5.74) is 3.71. The number of aromatic nitrogens is 2. The molecule has 0 atom stereocenters. The van der Waals surface area contributed by atoms with Crippen molar-refractivity contribution in [1.29, 1.82) is 0 Å². The molecule has 0 saturated carbocycles. The van der Waals surface area contributed by atoms with Crippen molar-refractivity contribution in [1.82, 2.24) is 20.0 Å². The van der Waals surface area contributed by atoms with Crippen LogP contribution < -0.4 is 4.90 Å². The third-order valence-electron chi connectivity index (χ3n) is 5.30. The SMILES string of the molecule is CN1CCc2[nH]nc(C(=O)N3CCCN(c4ccc(F)cc4)CC3)c2C1. The topological polar surface area (TPSA) is 55.5 Å². The van der Waals surface area contributed by atoms with Crippen LogP contribution >= 0.6 is 0 Å². The zero-order valence-electron chi connectivity index (χ0n) is 15.0.